The zero-order chi connectivity index (χ0) is 22.0. The molecule has 10 nitrogen and oxygen atoms in total. The second-order valence-electron chi connectivity index (χ2n) is 7.27. The number of nitrogens with zero attached hydrogens (tertiary/aromatic N) is 3. The monoisotopic (exact) mass is 435 g/mol. The third-order valence-corrected chi connectivity index (χ3v) is 6.27. The highest BCUT2D eigenvalue weighted by Gasteiger charge is 2.49. The van der Waals surface area contributed by atoms with Gasteiger partial charge in [-0.2, -0.15) is 0 Å². The van der Waals surface area contributed by atoms with E-state index >= 15 is 0 Å². The molecule has 2 aliphatic rings. The number of benzene rings is 1. The Morgan fingerprint density at radius 3 is 2.47 bits per heavy atom. The van der Waals surface area contributed by atoms with Gasteiger partial charge in [-0.1, -0.05) is 11.8 Å². The number of non-ortho nitro benzene ring substituents is 1. The van der Waals surface area contributed by atoms with Gasteiger partial charge in [-0.25, -0.2) is 4.79 Å². The standard InChI is InChI=1S/C19H21N3O7S/c1-11(23)30-14-7-16(15-8-17(24)20(2)18(15)25)21(9-14)19(26)29-10-12-3-5-13(6-4-12)22(27)28/h3-6,14-16H,7-10H2,1-2H3. The third-order valence-electron chi connectivity index (χ3n) is 5.26. The van der Waals surface area contributed by atoms with Gasteiger partial charge in [0.15, 0.2) is 5.12 Å². The van der Waals surface area contributed by atoms with E-state index in [0.29, 0.717) is 12.0 Å². The van der Waals surface area contributed by atoms with Crippen molar-refractivity contribution in [2.24, 2.45) is 5.92 Å². The van der Waals surface area contributed by atoms with Crippen LogP contribution in [0, 0.1) is 16.0 Å². The van der Waals surface area contributed by atoms with Crippen LogP contribution in [0.1, 0.15) is 25.3 Å². The molecule has 2 saturated heterocycles. The zero-order valence-corrected chi connectivity index (χ0v) is 17.3. The summed E-state index contributed by atoms with van der Waals surface area (Å²) in [6.07, 6.45) is -0.224. The largest absolute Gasteiger partial charge is 0.445 e. The quantitative estimate of drug-likeness (QED) is 0.390. The molecule has 3 atom stereocenters. The van der Waals surface area contributed by atoms with Crippen molar-refractivity contribution in [3.63, 3.8) is 0 Å². The number of rotatable bonds is 5. The molecule has 0 bridgehead atoms. The minimum atomic E-state index is -0.660. The number of nitro benzene ring substituents is 1. The summed E-state index contributed by atoms with van der Waals surface area (Å²) in [5.41, 5.74) is 0.508. The van der Waals surface area contributed by atoms with E-state index in [0.717, 1.165) is 16.7 Å². The molecule has 3 amide bonds. The number of amides is 3. The molecule has 2 aliphatic heterocycles. The molecule has 0 N–H and O–H groups in total. The smallest absolute Gasteiger partial charge is 0.410 e. The van der Waals surface area contributed by atoms with Gasteiger partial charge in [-0.15, -0.1) is 0 Å². The number of hydrogen-bond acceptors (Lipinski definition) is 8. The fourth-order valence-electron chi connectivity index (χ4n) is 3.76. The molecular weight excluding hydrogens is 414 g/mol. The van der Waals surface area contributed by atoms with Gasteiger partial charge in [-0.05, 0) is 24.1 Å². The van der Waals surface area contributed by atoms with Gasteiger partial charge in [0.25, 0.3) is 5.69 Å². The van der Waals surface area contributed by atoms with E-state index in [-0.39, 0.29) is 47.4 Å². The van der Waals surface area contributed by atoms with Crippen LogP contribution in [-0.2, 0) is 25.7 Å². The lowest BCUT2D eigenvalue weighted by Crippen LogP contribution is -2.43. The lowest BCUT2D eigenvalue weighted by atomic mass is 9.96. The normalized spacial score (nSPS) is 23.7. The summed E-state index contributed by atoms with van der Waals surface area (Å²) >= 11 is 1.11. The van der Waals surface area contributed by atoms with E-state index in [1.54, 1.807) is 0 Å². The van der Waals surface area contributed by atoms with Gasteiger partial charge in [-0.3, -0.25) is 29.4 Å². The van der Waals surface area contributed by atoms with Crippen molar-refractivity contribution in [1.82, 2.24) is 9.80 Å². The van der Waals surface area contributed by atoms with Crippen LogP contribution in [0.4, 0.5) is 10.5 Å². The summed E-state index contributed by atoms with van der Waals surface area (Å²) in [5.74, 6) is -1.30. The Bertz CT molecular complexity index is 889. The predicted molar refractivity (Wildman–Crippen MR) is 106 cm³/mol. The summed E-state index contributed by atoms with van der Waals surface area (Å²) in [6.45, 7) is 1.57. The maximum Gasteiger partial charge on any atom is 0.410 e. The molecule has 30 heavy (non-hydrogen) atoms. The van der Waals surface area contributed by atoms with Crippen molar-refractivity contribution < 1.29 is 28.8 Å². The Kier molecular flexibility index (Phi) is 6.40. The van der Waals surface area contributed by atoms with E-state index in [1.807, 2.05) is 0 Å². The third kappa shape index (κ3) is 4.61. The Morgan fingerprint density at radius 1 is 1.27 bits per heavy atom. The van der Waals surface area contributed by atoms with Crippen LogP contribution in [0.5, 0.6) is 0 Å². The van der Waals surface area contributed by atoms with Crippen molar-refractivity contribution in [2.45, 2.75) is 37.7 Å². The van der Waals surface area contributed by atoms with E-state index in [1.165, 1.54) is 43.1 Å². The van der Waals surface area contributed by atoms with Crippen molar-refractivity contribution in [3.8, 4) is 0 Å². The molecule has 160 valence electrons. The van der Waals surface area contributed by atoms with E-state index < -0.39 is 23.0 Å². The molecule has 2 fully saturated rings. The SMILES string of the molecule is CC(=O)SC1CC(C2CC(=O)N(C)C2=O)N(C(=O)OCc2ccc([N+](=O)[O-])cc2)C1. The van der Waals surface area contributed by atoms with Gasteiger partial charge in [0.05, 0.1) is 10.8 Å². The maximum atomic E-state index is 12.8. The fourth-order valence-corrected chi connectivity index (χ4v) is 4.76. The van der Waals surface area contributed by atoms with Crippen LogP contribution in [0.2, 0.25) is 0 Å². The maximum absolute atomic E-state index is 12.8. The predicted octanol–water partition coefficient (Wildman–Crippen LogP) is 1.96. The van der Waals surface area contributed by atoms with E-state index in [2.05, 4.69) is 0 Å². The molecule has 1 aromatic carbocycles. The topological polar surface area (TPSA) is 127 Å². The molecule has 2 heterocycles. The summed E-state index contributed by atoms with van der Waals surface area (Å²) in [6, 6.07) is 5.10. The Hall–Kier alpha value is -2.95. The van der Waals surface area contributed by atoms with Crippen molar-refractivity contribution in [2.75, 3.05) is 13.6 Å². The van der Waals surface area contributed by atoms with E-state index in [4.69, 9.17) is 4.74 Å². The number of hydrogen-bond donors (Lipinski definition) is 0. The minimum Gasteiger partial charge on any atom is -0.445 e. The molecule has 1 aromatic rings. The fraction of sp³-hybridized carbons (Fsp3) is 0.474. The van der Waals surface area contributed by atoms with Crippen molar-refractivity contribution in [3.05, 3.63) is 39.9 Å². The molecule has 0 aromatic heterocycles. The van der Waals surface area contributed by atoms with Gasteiger partial charge in [0.1, 0.15) is 6.61 Å². The highest BCUT2D eigenvalue weighted by molar-refractivity contribution is 8.14. The van der Waals surface area contributed by atoms with Gasteiger partial charge in [0, 0.05) is 50.4 Å². The number of carbonyl (C=O) groups excluding carboxylic acids is 4. The first-order valence-corrected chi connectivity index (χ1v) is 10.2. The van der Waals surface area contributed by atoms with Crippen molar-refractivity contribution in [1.29, 1.82) is 0 Å². The molecule has 0 spiro atoms. The Labute approximate surface area is 176 Å². The molecule has 0 saturated carbocycles. The molecule has 11 heteroatoms. The molecule has 3 rings (SSSR count). The first-order valence-electron chi connectivity index (χ1n) is 9.31. The van der Waals surface area contributed by atoms with Crippen LogP contribution >= 0.6 is 11.8 Å². The second kappa shape index (κ2) is 8.82. The lowest BCUT2D eigenvalue weighted by molar-refractivity contribution is -0.384. The minimum absolute atomic E-state index is 0.0175. The Morgan fingerprint density at radius 2 is 1.93 bits per heavy atom. The second-order valence-corrected chi connectivity index (χ2v) is 8.74. The van der Waals surface area contributed by atoms with Crippen LogP contribution in [0.25, 0.3) is 0 Å². The average molecular weight is 435 g/mol. The van der Waals surface area contributed by atoms with Crippen LogP contribution in [0.3, 0.4) is 0 Å². The molecular formula is C19H21N3O7S. The first-order chi connectivity index (χ1) is 14.2. The van der Waals surface area contributed by atoms with Crippen LogP contribution in [0.15, 0.2) is 24.3 Å². The highest BCUT2D eigenvalue weighted by Crippen LogP contribution is 2.36. The summed E-state index contributed by atoms with van der Waals surface area (Å²) in [4.78, 5) is 61.4. The summed E-state index contributed by atoms with van der Waals surface area (Å²) < 4.78 is 5.36. The Balaban J connectivity index is 1.70. The van der Waals surface area contributed by atoms with Crippen LogP contribution < -0.4 is 0 Å². The van der Waals surface area contributed by atoms with Gasteiger partial charge in [0.2, 0.25) is 11.8 Å². The van der Waals surface area contributed by atoms with Crippen LogP contribution in [-0.4, -0.2) is 62.6 Å². The van der Waals surface area contributed by atoms with Gasteiger partial charge >= 0.3 is 6.09 Å². The number of carbonyl (C=O) groups is 4. The van der Waals surface area contributed by atoms with Crippen molar-refractivity contribution >= 4 is 40.5 Å². The summed E-state index contributed by atoms with van der Waals surface area (Å²) in [5, 5.41) is 10.4. The number of imide groups is 1. The average Bonchev–Trinajstić information content (AvgIpc) is 3.22. The molecule has 0 radical (unpaired) electrons. The summed E-state index contributed by atoms with van der Waals surface area (Å²) in [7, 11) is 1.42. The number of thioether (sulfide) groups is 1. The van der Waals surface area contributed by atoms with E-state index in [9.17, 15) is 29.3 Å². The number of ether oxygens (including phenoxy) is 1. The number of likely N-dealkylation sites (tertiary alicyclic amines) is 2. The van der Waals surface area contributed by atoms with Gasteiger partial charge < -0.3 is 9.64 Å². The number of nitro groups is 1. The highest BCUT2D eigenvalue weighted by atomic mass is 32.2. The first kappa shape index (κ1) is 21.8. The zero-order valence-electron chi connectivity index (χ0n) is 16.5. The lowest BCUT2D eigenvalue weighted by Gasteiger charge is -2.27. The molecule has 3 unspecified atom stereocenters. The molecule has 0 aliphatic carbocycles.